The Labute approximate surface area is 107 Å². The summed E-state index contributed by atoms with van der Waals surface area (Å²) in [5.74, 6) is -2.06. The van der Waals surface area contributed by atoms with Gasteiger partial charge in [-0.2, -0.15) is 0 Å². The number of halogens is 2. The van der Waals surface area contributed by atoms with Gasteiger partial charge in [-0.3, -0.25) is 0 Å². The van der Waals surface area contributed by atoms with Crippen molar-refractivity contribution in [3.63, 3.8) is 0 Å². The molecule has 4 heteroatoms. The molecule has 2 nitrogen and oxygen atoms in total. The van der Waals surface area contributed by atoms with Gasteiger partial charge in [0.2, 0.25) is 0 Å². The molecule has 0 aromatic heterocycles. The van der Waals surface area contributed by atoms with Crippen LogP contribution in [0.15, 0.2) is 42.5 Å². The van der Waals surface area contributed by atoms with Gasteiger partial charge in [-0.05, 0) is 52.1 Å². The van der Waals surface area contributed by atoms with E-state index in [1.807, 2.05) is 0 Å². The van der Waals surface area contributed by atoms with Crippen LogP contribution in [0.5, 0.6) is 0 Å². The van der Waals surface area contributed by atoms with Gasteiger partial charge < -0.3 is 5.11 Å². The molecule has 1 N–H and O–H groups in total. The van der Waals surface area contributed by atoms with Gasteiger partial charge in [-0.1, -0.05) is 12.1 Å². The Morgan fingerprint density at radius 3 is 1.79 bits per heavy atom. The van der Waals surface area contributed by atoms with E-state index in [1.165, 1.54) is 24.3 Å². The lowest BCUT2D eigenvalue weighted by atomic mass is 10.0. The highest BCUT2D eigenvalue weighted by Crippen LogP contribution is 2.44. The van der Waals surface area contributed by atoms with Crippen LogP contribution < -0.4 is 0 Å². The van der Waals surface area contributed by atoms with Crippen molar-refractivity contribution >= 4 is 11.5 Å². The molecule has 1 aliphatic rings. The summed E-state index contributed by atoms with van der Waals surface area (Å²) >= 11 is 0. The summed E-state index contributed by atoms with van der Waals surface area (Å²) < 4.78 is 26.7. The van der Waals surface area contributed by atoms with Crippen molar-refractivity contribution in [3.8, 4) is 11.1 Å². The summed E-state index contributed by atoms with van der Waals surface area (Å²) in [6.07, 6.45) is 0.976. The normalized spacial score (nSPS) is 12.0. The first-order chi connectivity index (χ1) is 9.06. The number of hydrogen-bond acceptors (Lipinski definition) is 1. The molecule has 2 aromatic carbocycles. The minimum absolute atomic E-state index is 0.330. The lowest BCUT2D eigenvalue weighted by Gasteiger charge is -2.01. The summed E-state index contributed by atoms with van der Waals surface area (Å²) in [6, 6.07) is 8.28. The average Bonchev–Trinajstić information content (AvgIpc) is 2.62. The predicted molar refractivity (Wildman–Crippen MR) is 66.5 cm³/mol. The Morgan fingerprint density at radius 1 is 0.895 bits per heavy atom. The van der Waals surface area contributed by atoms with Crippen LogP contribution in [0.1, 0.15) is 11.1 Å². The van der Waals surface area contributed by atoms with Gasteiger partial charge in [0.15, 0.2) is 0 Å². The number of aliphatic carboxylic acids is 1. The first-order valence-electron chi connectivity index (χ1n) is 5.61. The van der Waals surface area contributed by atoms with Crippen LogP contribution in [0.3, 0.4) is 0 Å². The molecule has 0 heterocycles. The number of fused-ring (bicyclic) bond motifs is 3. The second-order valence-corrected chi connectivity index (χ2v) is 4.28. The van der Waals surface area contributed by atoms with E-state index < -0.39 is 17.6 Å². The minimum Gasteiger partial charge on any atom is -0.478 e. The highest BCUT2D eigenvalue weighted by atomic mass is 19.1. The maximum absolute atomic E-state index is 13.3. The van der Waals surface area contributed by atoms with E-state index in [-0.39, 0.29) is 0 Å². The van der Waals surface area contributed by atoms with E-state index >= 15 is 0 Å². The molecule has 0 unspecified atom stereocenters. The quantitative estimate of drug-likeness (QED) is 0.679. The van der Waals surface area contributed by atoms with Crippen molar-refractivity contribution in [1.29, 1.82) is 0 Å². The van der Waals surface area contributed by atoms with Crippen LogP contribution in [0, 0.1) is 11.6 Å². The van der Waals surface area contributed by atoms with Crippen LogP contribution in [-0.4, -0.2) is 11.1 Å². The Balaban J connectivity index is 2.35. The van der Waals surface area contributed by atoms with E-state index in [0.29, 0.717) is 27.8 Å². The number of carbonyl (C=O) groups is 1. The van der Waals surface area contributed by atoms with Crippen LogP contribution in [0.4, 0.5) is 8.78 Å². The van der Waals surface area contributed by atoms with Gasteiger partial charge in [-0.25, -0.2) is 13.6 Å². The first kappa shape index (κ1) is 11.6. The molecule has 0 bridgehead atoms. The molecule has 2 aromatic rings. The van der Waals surface area contributed by atoms with Gasteiger partial charge in [0.1, 0.15) is 11.6 Å². The smallest absolute Gasteiger partial charge is 0.328 e. The van der Waals surface area contributed by atoms with Crippen molar-refractivity contribution < 1.29 is 18.7 Å². The van der Waals surface area contributed by atoms with Crippen molar-refractivity contribution in [3.05, 3.63) is 65.2 Å². The van der Waals surface area contributed by atoms with E-state index in [4.69, 9.17) is 5.11 Å². The summed E-state index contributed by atoms with van der Waals surface area (Å²) in [5, 5.41) is 8.90. The molecular weight excluding hydrogens is 250 g/mol. The highest BCUT2D eigenvalue weighted by Gasteiger charge is 2.24. The summed E-state index contributed by atoms with van der Waals surface area (Å²) in [7, 11) is 0. The molecule has 0 atom stereocenters. The monoisotopic (exact) mass is 258 g/mol. The largest absolute Gasteiger partial charge is 0.478 e. The molecule has 94 valence electrons. The molecule has 0 fully saturated rings. The molecule has 0 saturated heterocycles. The van der Waals surface area contributed by atoms with Crippen molar-refractivity contribution in [2.75, 3.05) is 0 Å². The van der Waals surface area contributed by atoms with E-state index in [2.05, 4.69) is 0 Å². The zero-order valence-electron chi connectivity index (χ0n) is 9.65. The molecule has 0 radical (unpaired) electrons. The van der Waals surface area contributed by atoms with Gasteiger partial charge in [0.25, 0.3) is 0 Å². The zero-order valence-corrected chi connectivity index (χ0v) is 9.65. The molecule has 1 aliphatic carbocycles. The standard InChI is InChI=1S/C15H8F2O2/c16-8-1-3-10-11-4-2-9(17)6-13(11)14(7-15(18)19)12(10)5-8/h1-7H,(H,18,19). The fourth-order valence-electron chi connectivity index (χ4n) is 2.37. The van der Waals surface area contributed by atoms with Gasteiger partial charge >= 0.3 is 5.97 Å². The van der Waals surface area contributed by atoms with Gasteiger partial charge in [-0.15, -0.1) is 0 Å². The van der Waals surface area contributed by atoms with Crippen molar-refractivity contribution in [2.24, 2.45) is 0 Å². The van der Waals surface area contributed by atoms with Gasteiger partial charge in [0, 0.05) is 6.08 Å². The summed E-state index contributed by atoms with van der Waals surface area (Å²) in [4.78, 5) is 10.9. The molecular formula is C15H8F2O2. The summed E-state index contributed by atoms with van der Waals surface area (Å²) in [5.41, 5.74) is 2.70. The number of rotatable bonds is 1. The number of hydrogen-bond donors (Lipinski definition) is 1. The lowest BCUT2D eigenvalue weighted by molar-refractivity contribution is -0.131. The highest BCUT2D eigenvalue weighted by molar-refractivity contribution is 6.06. The van der Waals surface area contributed by atoms with Gasteiger partial charge in [0.05, 0.1) is 0 Å². The van der Waals surface area contributed by atoms with Crippen LogP contribution in [0.2, 0.25) is 0 Å². The second-order valence-electron chi connectivity index (χ2n) is 4.28. The van der Waals surface area contributed by atoms with E-state index in [0.717, 1.165) is 6.08 Å². The number of carboxylic acid groups (broad SMARTS) is 1. The topological polar surface area (TPSA) is 37.3 Å². The fraction of sp³-hybridized carbons (Fsp3) is 0. The fourth-order valence-corrected chi connectivity index (χ4v) is 2.37. The Morgan fingerprint density at radius 2 is 1.37 bits per heavy atom. The zero-order chi connectivity index (χ0) is 13.6. The molecule has 0 aliphatic heterocycles. The lowest BCUT2D eigenvalue weighted by Crippen LogP contribution is -1.92. The molecule has 19 heavy (non-hydrogen) atoms. The summed E-state index contributed by atoms with van der Waals surface area (Å²) in [6.45, 7) is 0. The minimum atomic E-state index is -1.15. The predicted octanol–water partition coefficient (Wildman–Crippen LogP) is 3.46. The van der Waals surface area contributed by atoms with Crippen LogP contribution in [0.25, 0.3) is 16.7 Å². The molecule has 0 amide bonds. The average molecular weight is 258 g/mol. The van der Waals surface area contributed by atoms with Crippen LogP contribution >= 0.6 is 0 Å². The van der Waals surface area contributed by atoms with Crippen LogP contribution in [-0.2, 0) is 4.79 Å². The number of carboxylic acids is 1. The van der Waals surface area contributed by atoms with Crippen molar-refractivity contribution in [2.45, 2.75) is 0 Å². The molecule has 0 saturated carbocycles. The third-order valence-corrected chi connectivity index (χ3v) is 3.10. The van der Waals surface area contributed by atoms with Crippen molar-refractivity contribution in [1.82, 2.24) is 0 Å². The third kappa shape index (κ3) is 1.81. The Bertz CT molecular complexity index is 679. The number of benzene rings is 2. The second kappa shape index (κ2) is 4.02. The SMILES string of the molecule is O=C(O)C=C1c2cc(F)ccc2-c2ccc(F)cc21. The Hall–Kier alpha value is -2.49. The first-order valence-corrected chi connectivity index (χ1v) is 5.61. The van der Waals surface area contributed by atoms with E-state index in [1.54, 1.807) is 12.1 Å². The van der Waals surface area contributed by atoms with E-state index in [9.17, 15) is 13.6 Å². The maximum Gasteiger partial charge on any atom is 0.328 e. The molecule has 0 spiro atoms. The molecule has 3 rings (SSSR count). The maximum atomic E-state index is 13.3. The Kier molecular flexibility index (Phi) is 2.45. The third-order valence-electron chi connectivity index (χ3n) is 3.10.